The first kappa shape index (κ1) is 17.9. The van der Waals surface area contributed by atoms with Gasteiger partial charge in [-0.25, -0.2) is 0 Å². The van der Waals surface area contributed by atoms with E-state index in [1.807, 2.05) is 0 Å². The molecule has 8 heteroatoms. The highest BCUT2D eigenvalue weighted by molar-refractivity contribution is 5.87. The molecular formula is C12H20N2O6. The van der Waals surface area contributed by atoms with E-state index in [2.05, 4.69) is 15.4 Å². The average Bonchev–Trinajstić information content (AvgIpc) is 2.40. The third kappa shape index (κ3) is 8.90. The first-order valence-electron chi connectivity index (χ1n) is 6.22. The maximum Gasteiger partial charge on any atom is 0.325 e. The summed E-state index contributed by atoms with van der Waals surface area (Å²) in [6.07, 6.45) is 1.48. The lowest BCUT2D eigenvalue weighted by molar-refractivity contribution is -0.141. The summed E-state index contributed by atoms with van der Waals surface area (Å²) in [5.74, 6) is -2.37. The Kier molecular flexibility index (Phi) is 8.73. The molecule has 0 fully saturated rings. The van der Waals surface area contributed by atoms with Gasteiger partial charge in [0.05, 0.1) is 13.7 Å². The van der Waals surface area contributed by atoms with Crippen LogP contribution in [-0.2, 0) is 23.9 Å². The van der Waals surface area contributed by atoms with Crippen molar-refractivity contribution in [3.63, 3.8) is 0 Å². The van der Waals surface area contributed by atoms with E-state index in [-0.39, 0.29) is 31.3 Å². The van der Waals surface area contributed by atoms with Crippen molar-refractivity contribution in [2.75, 3.05) is 13.7 Å². The van der Waals surface area contributed by atoms with Crippen molar-refractivity contribution >= 4 is 23.8 Å². The summed E-state index contributed by atoms with van der Waals surface area (Å²) in [6, 6.07) is -1.00. The van der Waals surface area contributed by atoms with Crippen molar-refractivity contribution in [1.82, 2.24) is 10.6 Å². The molecule has 114 valence electrons. The third-order valence-corrected chi connectivity index (χ3v) is 2.46. The second kappa shape index (κ2) is 9.76. The van der Waals surface area contributed by atoms with E-state index in [9.17, 15) is 19.2 Å². The minimum atomic E-state index is -1.15. The summed E-state index contributed by atoms with van der Waals surface area (Å²) in [6.45, 7) is 1.06. The van der Waals surface area contributed by atoms with E-state index in [0.29, 0.717) is 12.8 Å². The van der Waals surface area contributed by atoms with Crippen molar-refractivity contribution < 1.29 is 29.0 Å². The van der Waals surface area contributed by atoms with Crippen molar-refractivity contribution in [2.45, 2.75) is 38.6 Å². The molecule has 8 nitrogen and oxygen atoms in total. The number of nitrogens with one attached hydrogen (secondary N) is 2. The molecule has 1 unspecified atom stereocenters. The van der Waals surface area contributed by atoms with Gasteiger partial charge in [-0.3, -0.25) is 19.2 Å². The SMILES string of the molecule is COC(=O)CCCCC(=O)NCC(=O)NC(C)C(=O)O. The number of carboxylic acids is 1. The van der Waals surface area contributed by atoms with Gasteiger partial charge in [0.1, 0.15) is 6.04 Å². The molecule has 0 radical (unpaired) electrons. The van der Waals surface area contributed by atoms with E-state index in [1.165, 1.54) is 14.0 Å². The number of esters is 1. The predicted molar refractivity (Wildman–Crippen MR) is 68.7 cm³/mol. The van der Waals surface area contributed by atoms with Gasteiger partial charge in [0.15, 0.2) is 0 Å². The van der Waals surface area contributed by atoms with Crippen LogP contribution in [0.4, 0.5) is 0 Å². The molecule has 0 aliphatic carbocycles. The summed E-state index contributed by atoms with van der Waals surface area (Å²) in [7, 11) is 1.30. The summed E-state index contributed by atoms with van der Waals surface area (Å²) >= 11 is 0. The Morgan fingerprint density at radius 3 is 2.25 bits per heavy atom. The number of unbranched alkanes of at least 4 members (excludes halogenated alkanes) is 1. The standard InChI is InChI=1S/C12H20N2O6/c1-8(12(18)19)14-10(16)7-13-9(15)5-3-4-6-11(17)20-2/h8H,3-7H2,1-2H3,(H,13,15)(H,14,16)(H,18,19). The van der Waals surface area contributed by atoms with Gasteiger partial charge >= 0.3 is 11.9 Å². The second-order valence-corrected chi connectivity index (χ2v) is 4.19. The maximum atomic E-state index is 11.4. The Hall–Kier alpha value is -2.12. The quantitative estimate of drug-likeness (QED) is 0.385. The molecule has 0 aromatic rings. The fourth-order valence-electron chi connectivity index (χ4n) is 1.28. The summed E-state index contributed by atoms with van der Waals surface area (Å²) in [5, 5.41) is 13.2. The molecule has 0 saturated carbocycles. The number of ether oxygens (including phenoxy) is 1. The van der Waals surface area contributed by atoms with Crippen molar-refractivity contribution in [2.24, 2.45) is 0 Å². The van der Waals surface area contributed by atoms with Crippen molar-refractivity contribution in [3.05, 3.63) is 0 Å². The highest BCUT2D eigenvalue weighted by Gasteiger charge is 2.14. The predicted octanol–water partition coefficient (Wildman–Crippen LogP) is -0.575. The molecule has 0 bridgehead atoms. The van der Waals surface area contributed by atoms with Gasteiger partial charge in [-0.15, -0.1) is 0 Å². The zero-order valence-electron chi connectivity index (χ0n) is 11.6. The first-order valence-corrected chi connectivity index (χ1v) is 6.22. The maximum absolute atomic E-state index is 11.4. The molecule has 0 spiro atoms. The van der Waals surface area contributed by atoms with Gasteiger partial charge in [0.2, 0.25) is 11.8 Å². The molecule has 2 amide bonds. The van der Waals surface area contributed by atoms with Crippen LogP contribution in [0.5, 0.6) is 0 Å². The average molecular weight is 288 g/mol. The number of aliphatic carboxylic acids is 1. The van der Waals surface area contributed by atoms with Gasteiger partial charge in [-0.2, -0.15) is 0 Å². The molecule has 0 heterocycles. The third-order valence-electron chi connectivity index (χ3n) is 2.46. The number of hydrogen-bond donors (Lipinski definition) is 3. The monoisotopic (exact) mass is 288 g/mol. The summed E-state index contributed by atoms with van der Waals surface area (Å²) < 4.78 is 4.45. The highest BCUT2D eigenvalue weighted by atomic mass is 16.5. The smallest absolute Gasteiger partial charge is 0.325 e. The van der Waals surface area contributed by atoms with E-state index in [1.54, 1.807) is 0 Å². The Morgan fingerprint density at radius 1 is 1.10 bits per heavy atom. The largest absolute Gasteiger partial charge is 0.480 e. The lowest BCUT2D eigenvalue weighted by Gasteiger charge is -2.09. The number of carbonyl (C=O) groups excluding carboxylic acids is 3. The Morgan fingerprint density at radius 2 is 1.70 bits per heavy atom. The number of rotatable bonds is 9. The summed E-state index contributed by atoms with van der Waals surface area (Å²) in [5.41, 5.74) is 0. The molecule has 0 saturated heterocycles. The zero-order chi connectivity index (χ0) is 15.5. The van der Waals surface area contributed by atoms with Crippen LogP contribution in [-0.4, -0.2) is 48.6 Å². The molecule has 20 heavy (non-hydrogen) atoms. The minimum Gasteiger partial charge on any atom is -0.480 e. The van der Waals surface area contributed by atoms with E-state index in [0.717, 1.165) is 0 Å². The minimum absolute atomic E-state index is 0.193. The molecule has 0 rings (SSSR count). The molecular weight excluding hydrogens is 268 g/mol. The zero-order valence-corrected chi connectivity index (χ0v) is 11.6. The van der Waals surface area contributed by atoms with Gasteiger partial charge in [-0.1, -0.05) is 0 Å². The fraction of sp³-hybridized carbons (Fsp3) is 0.667. The van der Waals surface area contributed by atoms with Crippen LogP contribution < -0.4 is 10.6 Å². The lowest BCUT2D eigenvalue weighted by Crippen LogP contribution is -2.43. The topological polar surface area (TPSA) is 122 Å². The Balaban J connectivity index is 3.70. The van der Waals surface area contributed by atoms with Crippen LogP contribution in [0.3, 0.4) is 0 Å². The molecule has 0 aliphatic heterocycles. The first-order chi connectivity index (χ1) is 9.36. The number of methoxy groups -OCH3 is 1. The van der Waals surface area contributed by atoms with Crippen LogP contribution in [0.1, 0.15) is 32.6 Å². The van der Waals surface area contributed by atoms with E-state index >= 15 is 0 Å². The highest BCUT2D eigenvalue weighted by Crippen LogP contribution is 2.00. The van der Waals surface area contributed by atoms with Crippen molar-refractivity contribution in [1.29, 1.82) is 0 Å². The normalized spacial score (nSPS) is 11.3. The fourth-order valence-corrected chi connectivity index (χ4v) is 1.28. The van der Waals surface area contributed by atoms with E-state index < -0.39 is 17.9 Å². The number of carboxylic acid groups (broad SMARTS) is 1. The van der Waals surface area contributed by atoms with Gasteiger partial charge in [-0.05, 0) is 19.8 Å². The molecule has 3 N–H and O–H groups in total. The van der Waals surface area contributed by atoms with Crippen LogP contribution >= 0.6 is 0 Å². The number of carbonyl (C=O) groups is 4. The lowest BCUT2D eigenvalue weighted by atomic mass is 10.2. The Labute approximate surface area is 116 Å². The van der Waals surface area contributed by atoms with Crippen LogP contribution in [0.15, 0.2) is 0 Å². The molecule has 0 aliphatic rings. The van der Waals surface area contributed by atoms with Crippen LogP contribution in [0.25, 0.3) is 0 Å². The van der Waals surface area contributed by atoms with Crippen LogP contribution in [0.2, 0.25) is 0 Å². The van der Waals surface area contributed by atoms with Crippen molar-refractivity contribution in [3.8, 4) is 0 Å². The summed E-state index contributed by atoms with van der Waals surface area (Å²) in [4.78, 5) is 43.9. The van der Waals surface area contributed by atoms with Gasteiger partial charge in [0.25, 0.3) is 0 Å². The molecule has 0 aromatic heterocycles. The van der Waals surface area contributed by atoms with E-state index in [4.69, 9.17) is 5.11 Å². The number of hydrogen-bond acceptors (Lipinski definition) is 5. The number of amides is 2. The van der Waals surface area contributed by atoms with Gasteiger partial charge < -0.3 is 20.5 Å². The molecule has 1 atom stereocenters. The molecule has 0 aromatic carbocycles. The Bertz CT molecular complexity index is 369. The second-order valence-electron chi connectivity index (χ2n) is 4.19. The van der Waals surface area contributed by atoms with Gasteiger partial charge in [0, 0.05) is 12.8 Å². The van der Waals surface area contributed by atoms with Crippen LogP contribution in [0, 0.1) is 0 Å².